The van der Waals surface area contributed by atoms with E-state index in [-0.39, 0.29) is 10.6 Å². The van der Waals surface area contributed by atoms with Gasteiger partial charge >= 0.3 is 0 Å². The van der Waals surface area contributed by atoms with E-state index in [4.69, 9.17) is 16.3 Å². The van der Waals surface area contributed by atoms with Gasteiger partial charge in [0.25, 0.3) is 0 Å². The fourth-order valence-electron chi connectivity index (χ4n) is 1.02. The van der Waals surface area contributed by atoms with Crippen LogP contribution < -0.4 is 4.74 Å². The van der Waals surface area contributed by atoms with E-state index >= 15 is 0 Å². The quantitative estimate of drug-likeness (QED) is 0.571. The van der Waals surface area contributed by atoms with Crippen molar-refractivity contribution in [2.45, 2.75) is 0 Å². The molecule has 0 aliphatic heterocycles. The second kappa shape index (κ2) is 4.77. The first kappa shape index (κ1) is 10.7. The highest BCUT2D eigenvalue weighted by Crippen LogP contribution is 2.28. The van der Waals surface area contributed by atoms with Crippen LogP contribution in [0.2, 0.25) is 5.02 Å². The van der Waals surface area contributed by atoms with Crippen molar-refractivity contribution in [2.24, 2.45) is 0 Å². The SMILES string of the molecule is COc1ccc(Cl)c(F)c1C=CC=O. The maximum atomic E-state index is 13.4. The molecule has 0 saturated carbocycles. The molecule has 0 fully saturated rings. The second-order valence-electron chi connectivity index (χ2n) is 2.47. The average molecular weight is 215 g/mol. The van der Waals surface area contributed by atoms with Crippen LogP contribution in [-0.4, -0.2) is 13.4 Å². The summed E-state index contributed by atoms with van der Waals surface area (Å²) in [5, 5.41) is -0.00338. The molecule has 0 heterocycles. The van der Waals surface area contributed by atoms with Crippen molar-refractivity contribution in [3.05, 3.63) is 34.6 Å². The van der Waals surface area contributed by atoms with Gasteiger partial charge in [0.15, 0.2) is 5.82 Å². The molecule has 74 valence electrons. The number of rotatable bonds is 3. The van der Waals surface area contributed by atoms with Crippen molar-refractivity contribution in [3.63, 3.8) is 0 Å². The molecule has 1 aromatic carbocycles. The first-order valence-corrected chi connectivity index (χ1v) is 4.22. The number of carbonyl (C=O) groups excluding carboxylic acids is 1. The highest BCUT2D eigenvalue weighted by Gasteiger charge is 2.09. The molecule has 0 amide bonds. The average Bonchev–Trinajstić information content (AvgIpc) is 2.20. The summed E-state index contributed by atoms with van der Waals surface area (Å²) in [6, 6.07) is 2.93. The first-order valence-electron chi connectivity index (χ1n) is 3.84. The fourth-order valence-corrected chi connectivity index (χ4v) is 1.18. The zero-order chi connectivity index (χ0) is 10.6. The number of methoxy groups -OCH3 is 1. The Morgan fingerprint density at radius 3 is 2.79 bits per heavy atom. The molecule has 0 radical (unpaired) electrons. The molecule has 0 N–H and O–H groups in total. The molecule has 4 heteroatoms. The van der Waals surface area contributed by atoms with Gasteiger partial charge in [-0.1, -0.05) is 11.6 Å². The maximum absolute atomic E-state index is 13.4. The summed E-state index contributed by atoms with van der Waals surface area (Å²) in [5.41, 5.74) is 0.173. The van der Waals surface area contributed by atoms with E-state index in [2.05, 4.69) is 0 Å². The van der Waals surface area contributed by atoms with Crippen molar-refractivity contribution in [1.29, 1.82) is 0 Å². The Labute approximate surface area is 85.9 Å². The summed E-state index contributed by atoms with van der Waals surface area (Å²) in [4.78, 5) is 10.1. The lowest BCUT2D eigenvalue weighted by Gasteiger charge is -2.06. The maximum Gasteiger partial charge on any atom is 0.152 e. The molecule has 1 aromatic rings. The summed E-state index contributed by atoms with van der Waals surface area (Å²) >= 11 is 5.57. The van der Waals surface area contributed by atoms with Crippen LogP contribution in [0.5, 0.6) is 5.75 Å². The molecule has 0 bridgehead atoms. The van der Waals surface area contributed by atoms with Crippen molar-refractivity contribution >= 4 is 24.0 Å². The Balaban J connectivity index is 3.27. The van der Waals surface area contributed by atoms with Crippen molar-refractivity contribution in [1.82, 2.24) is 0 Å². The van der Waals surface area contributed by atoms with Gasteiger partial charge in [-0.2, -0.15) is 0 Å². The lowest BCUT2D eigenvalue weighted by molar-refractivity contribution is -0.104. The van der Waals surface area contributed by atoms with E-state index in [1.165, 1.54) is 31.4 Å². The Kier molecular flexibility index (Phi) is 3.65. The number of carbonyl (C=O) groups is 1. The minimum absolute atomic E-state index is 0.00338. The van der Waals surface area contributed by atoms with E-state index in [1.807, 2.05) is 0 Å². The highest BCUT2D eigenvalue weighted by atomic mass is 35.5. The van der Waals surface area contributed by atoms with E-state index in [0.29, 0.717) is 12.0 Å². The number of aldehydes is 1. The van der Waals surface area contributed by atoms with Crippen molar-refractivity contribution in [3.8, 4) is 5.75 Å². The van der Waals surface area contributed by atoms with E-state index in [9.17, 15) is 9.18 Å². The van der Waals surface area contributed by atoms with Gasteiger partial charge in [0, 0.05) is 0 Å². The lowest BCUT2D eigenvalue weighted by atomic mass is 10.1. The number of hydrogen-bond acceptors (Lipinski definition) is 2. The van der Waals surface area contributed by atoms with Crippen LogP contribution >= 0.6 is 11.6 Å². The Morgan fingerprint density at radius 2 is 2.21 bits per heavy atom. The topological polar surface area (TPSA) is 26.3 Å². The van der Waals surface area contributed by atoms with Crippen LogP contribution in [0.25, 0.3) is 6.08 Å². The molecule has 14 heavy (non-hydrogen) atoms. The van der Waals surface area contributed by atoms with Crippen LogP contribution in [0.1, 0.15) is 5.56 Å². The molecule has 0 spiro atoms. The monoisotopic (exact) mass is 214 g/mol. The highest BCUT2D eigenvalue weighted by molar-refractivity contribution is 6.31. The summed E-state index contributed by atoms with van der Waals surface area (Å²) in [5.74, 6) is -0.255. The molecule has 0 aliphatic carbocycles. The smallest absolute Gasteiger partial charge is 0.152 e. The molecular formula is C10H8ClFO2. The van der Waals surface area contributed by atoms with E-state index in [1.54, 1.807) is 0 Å². The molecule has 0 aliphatic rings. The van der Waals surface area contributed by atoms with Crippen LogP contribution in [-0.2, 0) is 4.79 Å². The van der Waals surface area contributed by atoms with E-state index < -0.39 is 5.82 Å². The van der Waals surface area contributed by atoms with Gasteiger partial charge in [0.05, 0.1) is 17.7 Å². The van der Waals surface area contributed by atoms with Gasteiger partial charge in [0.1, 0.15) is 12.0 Å². The fraction of sp³-hybridized carbons (Fsp3) is 0.100. The number of hydrogen-bond donors (Lipinski definition) is 0. The van der Waals surface area contributed by atoms with Gasteiger partial charge in [-0.3, -0.25) is 4.79 Å². The largest absolute Gasteiger partial charge is 0.496 e. The predicted octanol–water partition coefficient (Wildman–Crippen LogP) is 2.70. The molecule has 0 saturated heterocycles. The van der Waals surface area contributed by atoms with Gasteiger partial charge in [0.2, 0.25) is 0 Å². The van der Waals surface area contributed by atoms with Crippen molar-refractivity contribution < 1.29 is 13.9 Å². The van der Waals surface area contributed by atoms with E-state index in [0.717, 1.165) is 0 Å². The van der Waals surface area contributed by atoms with Gasteiger partial charge < -0.3 is 4.74 Å². The second-order valence-corrected chi connectivity index (χ2v) is 2.88. The summed E-state index contributed by atoms with van der Waals surface area (Å²) in [6.07, 6.45) is 3.05. The van der Waals surface area contributed by atoms with Crippen LogP contribution in [0.4, 0.5) is 4.39 Å². The summed E-state index contributed by atoms with van der Waals surface area (Å²) in [6.45, 7) is 0. The van der Waals surface area contributed by atoms with Gasteiger partial charge in [-0.15, -0.1) is 0 Å². The van der Waals surface area contributed by atoms with Crippen molar-refractivity contribution in [2.75, 3.05) is 7.11 Å². The zero-order valence-corrected chi connectivity index (χ0v) is 8.22. The molecule has 0 atom stereocenters. The molecule has 1 rings (SSSR count). The number of halogens is 2. The first-order chi connectivity index (χ1) is 6.70. The molecule has 0 unspecified atom stereocenters. The summed E-state index contributed by atoms with van der Waals surface area (Å²) < 4.78 is 18.3. The zero-order valence-electron chi connectivity index (χ0n) is 7.46. The van der Waals surface area contributed by atoms with Crippen LogP contribution in [0, 0.1) is 5.82 Å². The number of allylic oxidation sites excluding steroid dienone is 1. The van der Waals surface area contributed by atoms with Gasteiger partial charge in [-0.05, 0) is 24.3 Å². The Hall–Kier alpha value is -1.35. The molecular weight excluding hydrogens is 207 g/mol. The molecule has 0 aromatic heterocycles. The molecule has 2 nitrogen and oxygen atoms in total. The number of ether oxygens (including phenoxy) is 1. The van der Waals surface area contributed by atoms with Gasteiger partial charge in [-0.25, -0.2) is 4.39 Å². The Morgan fingerprint density at radius 1 is 1.50 bits per heavy atom. The predicted molar refractivity (Wildman–Crippen MR) is 53.1 cm³/mol. The number of benzene rings is 1. The Bertz CT molecular complexity index is 375. The normalized spacial score (nSPS) is 10.5. The third-order valence-electron chi connectivity index (χ3n) is 1.65. The standard InChI is InChI=1S/C10H8ClFO2/c1-14-9-5-4-8(11)10(12)7(9)3-2-6-13/h2-6H,1H3. The van der Waals surface area contributed by atoms with Crippen LogP contribution in [0.3, 0.4) is 0 Å². The minimum atomic E-state index is -0.593. The summed E-state index contributed by atoms with van der Waals surface area (Å²) in [7, 11) is 1.42. The third kappa shape index (κ3) is 2.12. The minimum Gasteiger partial charge on any atom is -0.496 e. The van der Waals surface area contributed by atoms with Crippen LogP contribution in [0.15, 0.2) is 18.2 Å². The lowest BCUT2D eigenvalue weighted by Crippen LogP contribution is -1.91. The third-order valence-corrected chi connectivity index (χ3v) is 1.95.